The van der Waals surface area contributed by atoms with E-state index in [1.807, 2.05) is 6.08 Å². The highest BCUT2D eigenvalue weighted by molar-refractivity contribution is 5.76. The van der Waals surface area contributed by atoms with Crippen LogP contribution in [-0.4, -0.2) is 47.4 Å². The predicted molar refractivity (Wildman–Crippen MR) is 269 cm³/mol. The van der Waals surface area contributed by atoms with Crippen LogP contribution in [0.4, 0.5) is 0 Å². The molecule has 0 heterocycles. The first kappa shape index (κ1) is 60.6. The minimum atomic E-state index is -0.854. The summed E-state index contributed by atoms with van der Waals surface area (Å²) in [5.41, 5.74) is 0. The lowest BCUT2D eigenvalue weighted by Crippen LogP contribution is -2.45. The Kier molecular flexibility index (Phi) is 51.0. The first-order valence-electron chi connectivity index (χ1n) is 28.0. The quantitative estimate of drug-likeness (QED) is 0.0321. The zero-order chi connectivity index (χ0) is 45.1. The lowest BCUT2D eigenvalue weighted by atomic mass is 10.0. The van der Waals surface area contributed by atoms with Gasteiger partial charge >= 0.3 is 5.97 Å². The maximum atomic E-state index is 12.5. The molecule has 0 saturated carbocycles. The fraction of sp³-hybridized carbons (Fsp3) is 0.929. The molecule has 368 valence electrons. The van der Waals surface area contributed by atoms with Crippen LogP contribution in [0.25, 0.3) is 0 Å². The molecule has 6 nitrogen and oxygen atoms in total. The van der Waals surface area contributed by atoms with Crippen LogP contribution < -0.4 is 5.32 Å². The molecule has 0 saturated heterocycles. The van der Waals surface area contributed by atoms with E-state index < -0.39 is 12.1 Å². The van der Waals surface area contributed by atoms with Gasteiger partial charge in [0, 0.05) is 12.8 Å². The number of hydrogen-bond acceptors (Lipinski definition) is 5. The van der Waals surface area contributed by atoms with Crippen molar-refractivity contribution in [3.63, 3.8) is 0 Å². The molecule has 0 aliphatic rings. The van der Waals surface area contributed by atoms with E-state index in [4.69, 9.17) is 4.74 Å². The van der Waals surface area contributed by atoms with E-state index in [0.717, 1.165) is 57.8 Å². The lowest BCUT2D eigenvalue weighted by molar-refractivity contribution is -0.143. The van der Waals surface area contributed by atoms with Crippen molar-refractivity contribution in [1.29, 1.82) is 0 Å². The lowest BCUT2D eigenvalue weighted by Gasteiger charge is -2.20. The fourth-order valence-corrected chi connectivity index (χ4v) is 8.75. The van der Waals surface area contributed by atoms with Gasteiger partial charge < -0.3 is 20.3 Å². The van der Waals surface area contributed by atoms with Gasteiger partial charge in [0.2, 0.25) is 5.91 Å². The second-order valence-electron chi connectivity index (χ2n) is 19.3. The van der Waals surface area contributed by atoms with Gasteiger partial charge in [0.25, 0.3) is 0 Å². The molecule has 2 atom stereocenters. The second kappa shape index (κ2) is 52.2. The highest BCUT2D eigenvalue weighted by atomic mass is 16.5. The zero-order valence-electron chi connectivity index (χ0n) is 41.9. The molecule has 0 aromatic heterocycles. The summed E-state index contributed by atoms with van der Waals surface area (Å²) in [4.78, 5) is 24.5. The van der Waals surface area contributed by atoms with Crippen molar-refractivity contribution in [3.8, 4) is 0 Å². The van der Waals surface area contributed by atoms with E-state index in [1.165, 1.54) is 225 Å². The number of rotatable bonds is 52. The van der Waals surface area contributed by atoms with Gasteiger partial charge in [-0.2, -0.15) is 0 Å². The summed E-state index contributed by atoms with van der Waals surface area (Å²) in [5.74, 6) is -0.0877. The molecule has 6 heteroatoms. The number of aliphatic hydroxyl groups is 2. The van der Waals surface area contributed by atoms with Crippen LogP contribution in [0.1, 0.15) is 309 Å². The summed E-state index contributed by atoms with van der Waals surface area (Å²) < 4.78 is 5.47. The maximum Gasteiger partial charge on any atom is 0.305 e. The van der Waals surface area contributed by atoms with Gasteiger partial charge in [-0.25, -0.2) is 0 Å². The third-order valence-corrected chi connectivity index (χ3v) is 13.1. The van der Waals surface area contributed by atoms with Crippen LogP contribution in [0, 0.1) is 0 Å². The van der Waals surface area contributed by atoms with E-state index in [-0.39, 0.29) is 18.5 Å². The third-order valence-electron chi connectivity index (χ3n) is 13.1. The summed E-state index contributed by atoms with van der Waals surface area (Å²) in [7, 11) is 0. The number of allylic oxidation sites excluding steroid dienone is 1. The number of hydrogen-bond donors (Lipinski definition) is 3. The molecular formula is C56H109NO5. The highest BCUT2D eigenvalue weighted by Crippen LogP contribution is 2.17. The molecule has 0 fully saturated rings. The van der Waals surface area contributed by atoms with Crippen LogP contribution in [0.15, 0.2) is 12.2 Å². The number of unbranched alkanes of at least 4 members (excludes halogenated alkanes) is 41. The first-order chi connectivity index (χ1) is 30.5. The number of aliphatic hydroxyl groups excluding tert-OH is 2. The normalized spacial score (nSPS) is 12.6. The van der Waals surface area contributed by atoms with Crippen LogP contribution >= 0.6 is 0 Å². The molecule has 0 aromatic carbocycles. The van der Waals surface area contributed by atoms with E-state index in [2.05, 4.69) is 19.2 Å². The summed E-state index contributed by atoms with van der Waals surface area (Å²) in [6.07, 6.45) is 60.7. The minimum absolute atomic E-state index is 0.00681. The van der Waals surface area contributed by atoms with Gasteiger partial charge in [0.1, 0.15) is 0 Å². The van der Waals surface area contributed by atoms with Crippen molar-refractivity contribution < 1.29 is 24.5 Å². The topological polar surface area (TPSA) is 95.9 Å². The van der Waals surface area contributed by atoms with Crippen molar-refractivity contribution in [1.82, 2.24) is 5.32 Å². The Morgan fingerprint density at radius 3 is 1.10 bits per heavy atom. The zero-order valence-corrected chi connectivity index (χ0v) is 41.9. The molecular weight excluding hydrogens is 767 g/mol. The van der Waals surface area contributed by atoms with Crippen molar-refractivity contribution in [3.05, 3.63) is 12.2 Å². The molecule has 0 aromatic rings. The van der Waals surface area contributed by atoms with Gasteiger partial charge in [0.15, 0.2) is 0 Å². The number of esters is 1. The van der Waals surface area contributed by atoms with Gasteiger partial charge in [0.05, 0.1) is 25.4 Å². The van der Waals surface area contributed by atoms with Crippen LogP contribution in [0.2, 0.25) is 0 Å². The summed E-state index contributed by atoms with van der Waals surface area (Å²) >= 11 is 0. The molecule has 62 heavy (non-hydrogen) atoms. The molecule has 0 aliphatic carbocycles. The van der Waals surface area contributed by atoms with Crippen molar-refractivity contribution in [2.45, 2.75) is 321 Å². The van der Waals surface area contributed by atoms with E-state index in [9.17, 15) is 19.8 Å². The Balaban J connectivity index is 3.47. The minimum Gasteiger partial charge on any atom is -0.466 e. The summed E-state index contributed by atoms with van der Waals surface area (Å²) in [5, 5.41) is 23.1. The van der Waals surface area contributed by atoms with Crippen LogP contribution in [0.3, 0.4) is 0 Å². The fourth-order valence-electron chi connectivity index (χ4n) is 8.75. The molecule has 0 spiro atoms. The predicted octanol–water partition coefficient (Wildman–Crippen LogP) is 16.9. The monoisotopic (exact) mass is 876 g/mol. The van der Waals surface area contributed by atoms with Crippen molar-refractivity contribution in [2.24, 2.45) is 0 Å². The van der Waals surface area contributed by atoms with Crippen LogP contribution in [-0.2, 0) is 14.3 Å². The Hall–Kier alpha value is -1.40. The number of ether oxygens (including phenoxy) is 1. The maximum absolute atomic E-state index is 12.5. The molecule has 0 radical (unpaired) electrons. The molecule has 0 aliphatic heterocycles. The van der Waals surface area contributed by atoms with E-state index in [0.29, 0.717) is 19.4 Å². The van der Waals surface area contributed by atoms with Gasteiger partial charge in [-0.3, -0.25) is 9.59 Å². The summed E-state index contributed by atoms with van der Waals surface area (Å²) in [6, 6.07) is -0.638. The smallest absolute Gasteiger partial charge is 0.305 e. The Morgan fingerprint density at radius 1 is 0.435 bits per heavy atom. The first-order valence-corrected chi connectivity index (χ1v) is 28.0. The molecule has 1 amide bonds. The van der Waals surface area contributed by atoms with E-state index >= 15 is 0 Å². The molecule has 2 unspecified atom stereocenters. The molecule has 0 bridgehead atoms. The van der Waals surface area contributed by atoms with E-state index in [1.54, 1.807) is 6.08 Å². The molecule has 0 rings (SSSR count). The standard InChI is InChI=1S/C56H109NO5/c1-3-5-7-9-11-13-15-17-19-21-22-24-28-32-36-40-44-48-54(59)53(52-58)57-55(60)49-45-41-37-33-29-26-27-31-35-39-43-47-51-62-56(61)50-46-42-38-34-30-25-23-20-18-16-14-12-10-8-6-4-2/h44,48,53-54,58-59H,3-43,45-47,49-52H2,1-2H3,(H,57,60)/b48-44+. The van der Waals surface area contributed by atoms with Crippen molar-refractivity contribution >= 4 is 11.9 Å². The molecule has 3 N–H and O–H groups in total. The SMILES string of the molecule is CCCCCCCCCCCCCCCCC/C=C/C(O)C(CO)NC(=O)CCCCCCCCCCCCCCOC(=O)CCCCCCCCCCCCCCCCCC. The largest absolute Gasteiger partial charge is 0.466 e. The third kappa shape index (κ3) is 48.1. The highest BCUT2D eigenvalue weighted by Gasteiger charge is 2.18. The number of carbonyl (C=O) groups is 2. The second-order valence-corrected chi connectivity index (χ2v) is 19.3. The summed E-state index contributed by atoms with van der Waals surface area (Å²) in [6.45, 7) is 4.89. The average Bonchev–Trinajstić information content (AvgIpc) is 3.27. The van der Waals surface area contributed by atoms with Gasteiger partial charge in [-0.05, 0) is 32.1 Å². The number of carbonyl (C=O) groups excluding carboxylic acids is 2. The Labute approximate surface area is 387 Å². The number of amides is 1. The Morgan fingerprint density at radius 2 is 0.742 bits per heavy atom. The number of nitrogens with one attached hydrogen (secondary N) is 1. The average molecular weight is 876 g/mol. The Bertz CT molecular complexity index is 924. The van der Waals surface area contributed by atoms with Gasteiger partial charge in [-0.15, -0.1) is 0 Å². The van der Waals surface area contributed by atoms with Gasteiger partial charge in [-0.1, -0.05) is 276 Å². The van der Waals surface area contributed by atoms with Crippen molar-refractivity contribution in [2.75, 3.05) is 13.2 Å². The van der Waals surface area contributed by atoms with Crippen LogP contribution in [0.5, 0.6) is 0 Å².